The Morgan fingerprint density at radius 2 is 1.50 bits per heavy atom. The van der Waals surface area contributed by atoms with Gasteiger partial charge in [0.25, 0.3) is 0 Å². The number of nitrogens with one attached hydrogen (secondary N) is 1. The number of hydrogen-bond acceptors (Lipinski definition) is 4. The van der Waals surface area contributed by atoms with Gasteiger partial charge < -0.3 is 10.1 Å². The Morgan fingerprint density at radius 3 is 1.81 bits per heavy atom. The molecule has 0 fully saturated rings. The fraction of sp³-hybridized carbons (Fsp3) is 0.818. The number of hydrogen-bond donors (Lipinski definition) is 1. The van der Waals surface area contributed by atoms with Crippen molar-refractivity contribution in [2.75, 3.05) is 18.1 Å². The molecule has 5 heteroatoms. The Kier molecular flexibility index (Phi) is 16.9. The van der Waals surface area contributed by atoms with E-state index in [2.05, 4.69) is 19.2 Å². The van der Waals surface area contributed by atoms with Gasteiger partial charge in [-0.2, -0.15) is 0 Å². The van der Waals surface area contributed by atoms with Crippen molar-refractivity contribution in [3.63, 3.8) is 0 Å². The SMILES string of the molecule is CCNC(=O)CCC(C)=O.CCSSCC. The van der Waals surface area contributed by atoms with Gasteiger partial charge >= 0.3 is 0 Å². The number of Topliss-reactive ketones (excluding diaryl/α,β-unsaturated/α-hetero) is 1. The van der Waals surface area contributed by atoms with Gasteiger partial charge in [0.05, 0.1) is 0 Å². The molecule has 96 valence electrons. The molecule has 0 aromatic rings. The minimum atomic E-state index is -0.0438. The number of ketones is 1. The molecule has 0 radical (unpaired) electrons. The van der Waals surface area contributed by atoms with Gasteiger partial charge in [0, 0.05) is 30.9 Å². The first kappa shape index (κ1) is 18.2. The van der Waals surface area contributed by atoms with Crippen LogP contribution in [0, 0.1) is 0 Å². The molecule has 1 N–H and O–H groups in total. The summed E-state index contributed by atoms with van der Waals surface area (Å²) in [4.78, 5) is 21.1. The van der Waals surface area contributed by atoms with Gasteiger partial charge in [-0.1, -0.05) is 35.4 Å². The lowest BCUT2D eigenvalue weighted by atomic mass is 10.2. The number of amides is 1. The van der Waals surface area contributed by atoms with Crippen molar-refractivity contribution >= 4 is 33.3 Å². The molecule has 3 nitrogen and oxygen atoms in total. The fourth-order valence-electron chi connectivity index (χ4n) is 0.742. The minimum absolute atomic E-state index is 0.0438. The minimum Gasteiger partial charge on any atom is -0.356 e. The molecule has 0 aromatic heterocycles. The standard InChI is InChI=1S/C7H13NO2.C4H10S2/c1-3-8-7(10)5-4-6(2)9;1-3-5-6-4-2/h3-5H2,1-2H3,(H,8,10);3-4H2,1-2H3. The topological polar surface area (TPSA) is 46.2 Å². The van der Waals surface area contributed by atoms with Gasteiger partial charge in [-0.15, -0.1) is 0 Å². The van der Waals surface area contributed by atoms with E-state index in [1.54, 1.807) is 0 Å². The third kappa shape index (κ3) is 19.4. The smallest absolute Gasteiger partial charge is 0.220 e. The van der Waals surface area contributed by atoms with Crippen molar-refractivity contribution in [1.29, 1.82) is 0 Å². The maximum atomic E-state index is 10.7. The number of carbonyl (C=O) groups is 2. The van der Waals surface area contributed by atoms with Crippen LogP contribution in [-0.4, -0.2) is 29.7 Å². The molecule has 1 amide bonds. The molecule has 0 rings (SSSR count). The van der Waals surface area contributed by atoms with Crippen LogP contribution in [0.25, 0.3) is 0 Å². The summed E-state index contributed by atoms with van der Waals surface area (Å²) in [5.74, 6) is 2.49. The van der Waals surface area contributed by atoms with Crippen LogP contribution in [0.5, 0.6) is 0 Å². The molecule has 0 aliphatic rings. The van der Waals surface area contributed by atoms with Crippen molar-refractivity contribution in [3.8, 4) is 0 Å². The summed E-state index contributed by atoms with van der Waals surface area (Å²) in [6, 6.07) is 0. The molecular formula is C11H23NO2S2. The lowest BCUT2D eigenvalue weighted by Crippen LogP contribution is -2.22. The molecule has 0 aliphatic heterocycles. The Bertz CT molecular complexity index is 183. The van der Waals surface area contributed by atoms with Gasteiger partial charge in [0.1, 0.15) is 5.78 Å². The quantitative estimate of drug-likeness (QED) is 0.568. The third-order valence-corrected chi connectivity index (χ3v) is 3.95. The lowest BCUT2D eigenvalue weighted by Gasteiger charge is -1.98. The summed E-state index contributed by atoms with van der Waals surface area (Å²) >= 11 is 0. The average Bonchev–Trinajstić information content (AvgIpc) is 2.25. The Labute approximate surface area is 107 Å². The highest BCUT2D eigenvalue weighted by atomic mass is 33.1. The predicted molar refractivity (Wildman–Crippen MR) is 74.9 cm³/mol. The summed E-state index contributed by atoms with van der Waals surface area (Å²) in [7, 11) is 3.85. The first-order valence-electron chi connectivity index (χ1n) is 5.58. The summed E-state index contributed by atoms with van der Waals surface area (Å²) in [5, 5.41) is 2.61. The second-order valence-corrected chi connectivity index (χ2v) is 6.01. The van der Waals surface area contributed by atoms with Crippen molar-refractivity contribution in [3.05, 3.63) is 0 Å². The predicted octanol–water partition coefficient (Wildman–Crippen LogP) is 2.90. The van der Waals surface area contributed by atoms with Crippen LogP contribution < -0.4 is 5.32 Å². The van der Waals surface area contributed by atoms with Gasteiger partial charge in [0.2, 0.25) is 5.91 Å². The van der Waals surface area contributed by atoms with E-state index in [4.69, 9.17) is 0 Å². The van der Waals surface area contributed by atoms with Crippen LogP contribution in [-0.2, 0) is 9.59 Å². The van der Waals surface area contributed by atoms with Gasteiger partial charge in [-0.05, 0) is 13.8 Å². The zero-order chi connectivity index (χ0) is 12.8. The van der Waals surface area contributed by atoms with E-state index in [0.29, 0.717) is 19.4 Å². The molecule has 0 atom stereocenters. The Morgan fingerprint density at radius 1 is 1.00 bits per heavy atom. The van der Waals surface area contributed by atoms with Gasteiger partial charge in [-0.25, -0.2) is 0 Å². The van der Waals surface area contributed by atoms with Crippen molar-refractivity contribution < 1.29 is 9.59 Å². The monoisotopic (exact) mass is 265 g/mol. The third-order valence-electron chi connectivity index (χ3n) is 1.40. The molecular weight excluding hydrogens is 242 g/mol. The molecule has 0 unspecified atom stereocenters. The van der Waals surface area contributed by atoms with E-state index in [1.807, 2.05) is 28.5 Å². The van der Waals surface area contributed by atoms with Crippen LogP contribution in [0.4, 0.5) is 0 Å². The first-order valence-corrected chi connectivity index (χ1v) is 8.07. The largest absolute Gasteiger partial charge is 0.356 e. The maximum absolute atomic E-state index is 10.7. The molecule has 0 aliphatic carbocycles. The van der Waals surface area contributed by atoms with Crippen LogP contribution in [0.15, 0.2) is 0 Å². The van der Waals surface area contributed by atoms with Crippen LogP contribution in [0.2, 0.25) is 0 Å². The maximum Gasteiger partial charge on any atom is 0.220 e. The molecule has 0 saturated carbocycles. The van der Waals surface area contributed by atoms with Crippen LogP contribution in [0.1, 0.15) is 40.5 Å². The normalized spacial score (nSPS) is 9.00. The molecule has 0 saturated heterocycles. The zero-order valence-corrected chi connectivity index (χ0v) is 12.3. The van der Waals surface area contributed by atoms with E-state index in [-0.39, 0.29) is 11.7 Å². The van der Waals surface area contributed by atoms with Crippen molar-refractivity contribution in [1.82, 2.24) is 5.32 Å². The molecule has 0 heterocycles. The van der Waals surface area contributed by atoms with E-state index in [1.165, 1.54) is 18.4 Å². The molecule has 0 spiro atoms. The summed E-state index contributed by atoms with van der Waals surface area (Å²) in [5.41, 5.74) is 0. The zero-order valence-electron chi connectivity index (χ0n) is 10.7. The van der Waals surface area contributed by atoms with E-state index in [9.17, 15) is 9.59 Å². The van der Waals surface area contributed by atoms with Crippen LogP contribution >= 0.6 is 21.6 Å². The second-order valence-electron chi connectivity index (χ2n) is 2.97. The summed E-state index contributed by atoms with van der Waals surface area (Å²) in [6.45, 7) is 8.32. The average molecular weight is 265 g/mol. The van der Waals surface area contributed by atoms with E-state index in [0.717, 1.165) is 0 Å². The highest BCUT2D eigenvalue weighted by molar-refractivity contribution is 8.76. The summed E-state index contributed by atoms with van der Waals surface area (Å²) < 4.78 is 0. The molecule has 0 bridgehead atoms. The van der Waals surface area contributed by atoms with E-state index >= 15 is 0 Å². The second kappa shape index (κ2) is 14.8. The summed E-state index contributed by atoms with van der Waals surface area (Å²) in [6.07, 6.45) is 0.676. The van der Waals surface area contributed by atoms with Crippen molar-refractivity contribution in [2.24, 2.45) is 0 Å². The highest BCUT2D eigenvalue weighted by Gasteiger charge is 2.00. The van der Waals surface area contributed by atoms with Crippen molar-refractivity contribution in [2.45, 2.75) is 40.5 Å². The number of rotatable bonds is 7. The van der Waals surface area contributed by atoms with Gasteiger partial charge in [-0.3, -0.25) is 4.79 Å². The van der Waals surface area contributed by atoms with Crippen LogP contribution in [0.3, 0.4) is 0 Å². The first-order chi connectivity index (χ1) is 7.58. The van der Waals surface area contributed by atoms with Gasteiger partial charge in [0.15, 0.2) is 0 Å². The Balaban J connectivity index is 0. The fourth-order valence-corrected chi connectivity index (χ4v) is 2.08. The lowest BCUT2D eigenvalue weighted by molar-refractivity contribution is -0.124. The highest BCUT2D eigenvalue weighted by Crippen LogP contribution is 2.18. The number of carbonyl (C=O) groups excluding carboxylic acids is 2. The molecule has 0 aromatic carbocycles. The Hall–Kier alpha value is -0.160. The molecule has 16 heavy (non-hydrogen) atoms. The van der Waals surface area contributed by atoms with E-state index < -0.39 is 0 Å².